The summed E-state index contributed by atoms with van der Waals surface area (Å²) >= 11 is 0. The van der Waals surface area contributed by atoms with Gasteiger partial charge in [-0.05, 0) is 48.9 Å². The predicted molar refractivity (Wildman–Crippen MR) is 88.7 cm³/mol. The van der Waals surface area contributed by atoms with Gasteiger partial charge in [-0.2, -0.15) is 0 Å². The van der Waals surface area contributed by atoms with Crippen molar-refractivity contribution in [1.29, 1.82) is 0 Å². The fourth-order valence-electron chi connectivity index (χ4n) is 2.13. The third-order valence-electron chi connectivity index (χ3n) is 3.49. The van der Waals surface area contributed by atoms with E-state index in [1.807, 2.05) is 0 Å². The second kappa shape index (κ2) is 10.5. The first-order valence-electron chi connectivity index (χ1n) is 7.95. The Morgan fingerprint density at radius 1 is 0.762 bits per heavy atom. The Balaban J connectivity index is 0.000000423. The Bertz CT molecular complexity index is 322. The summed E-state index contributed by atoms with van der Waals surface area (Å²) in [4.78, 5) is 0. The lowest BCUT2D eigenvalue weighted by molar-refractivity contribution is -0.0589. The first-order valence-corrected chi connectivity index (χ1v) is 7.95. The molecule has 0 aliphatic heterocycles. The van der Waals surface area contributed by atoms with Crippen LogP contribution in [-0.4, -0.2) is 22.4 Å². The summed E-state index contributed by atoms with van der Waals surface area (Å²) in [5, 5.41) is 17.3. The van der Waals surface area contributed by atoms with E-state index in [0.29, 0.717) is 24.0 Å². The van der Waals surface area contributed by atoms with E-state index >= 15 is 0 Å². The average molecular weight is 296 g/mol. The van der Waals surface area contributed by atoms with Gasteiger partial charge in [0.2, 0.25) is 0 Å². The van der Waals surface area contributed by atoms with Crippen LogP contribution >= 0.6 is 0 Å². The molecule has 0 amide bonds. The lowest BCUT2D eigenvalue weighted by atomic mass is 10.0. The minimum Gasteiger partial charge on any atom is -0.508 e. The third-order valence-corrected chi connectivity index (χ3v) is 3.49. The van der Waals surface area contributed by atoms with E-state index in [1.54, 1.807) is 0 Å². The largest absolute Gasteiger partial charge is 0.508 e. The van der Waals surface area contributed by atoms with Crippen molar-refractivity contribution in [2.45, 2.75) is 66.6 Å². The molecule has 2 atom stereocenters. The van der Waals surface area contributed by atoms with Gasteiger partial charge >= 0.3 is 0 Å². The van der Waals surface area contributed by atoms with Crippen molar-refractivity contribution < 1.29 is 14.9 Å². The first kappa shape index (κ1) is 19.8. The van der Waals surface area contributed by atoms with Crippen molar-refractivity contribution in [3.8, 4) is 11.5 Å². The summed E-state index contributed by atoms with van der Waals surface area (Å²) in [6, 6.07) is 5.70. The summed E-state index contributed by atoms with van der Waals surface area (Å²) in [6.07, 6.45) is 3.13. The smallest absolute Gasteiger partial charge is 0.115 e. The Morgan fingerprint density at radius 2 is 1.05 bits per heavy atom. The zero-order valence-electron chi connectivity index (χ0n) is 14.3. The van der Waals surface area contributed by atoms with Crippen molar-refractivity contribution in [2.75, 3.05) is 0 Å². The molecule has 0 saturated carbocycles. The lowest BCUT2D eigenvalue weighted by Crippen LogP contribution is -2.28. The van der Waals surface area contributed by atoms with Crippen LogP contribution in [-0.2, 0) is 4.74 Å². The molecule has 1 aromatic rings. The highest BCUT2D eigenvalue weighted by Crippen LogP contribution is 2.18. The van der Waals surface area contributed by atoms with Crippen molar-refractivity contribution in [3.05, 3.63) is 24.3 Å². The number of benzene rings is 1. The van der Waals surface area contributed by atoms with Gasteiger partial charge in [-0.3, -0.25) is 0 Å². The third kappa shape index (κ3) is 8.61. The van der Waals surface area contributed by atoms with Gasteiger partial charge < -0.3 is 14.9 Å². The van der Waals surface area contributed by atoms with Gasteiger partial charge in [0.05, 0.1) is 12.2 Å². The number of phenols is 2. The fraction of sp³-hybridized carbons (Fsp3) is 0.667. The van der Waals surface area contributed by atoms with Crippen LogP contribution in [0.15, 0.2) is 24.3 Å². The van der Waals surface area contributed by atoms with Crippen LogP contribution in [0.4, 0.5) is 0 Å². The standard InChI is InChI=1S/C12H26O.C6H6O2/c1-7-11(9(3)4)13-12(8-2)10(5)6;7-5-1-2-6(8)4-3-5/h9-12H,7-8H2,1-6H3;1-4,7-8H. The van der Waals surface area contributed by atoms with Crippen LogP contribution in [0.3, 0.4) is 0 Å². The first-order chi connectivity index (χ1) is 9.81. The van der Waals surface area contributed by atoms with Crippen molar-refractivity contribution in [1.82, 2.24) is 0 Å². The number of hydrogen-bond acceptors (Lipinski definition) is 3. The highest BCUT2D eigenvalue weighted by atomic mass is 16.5. The Hall–Kier alpha value is -1.22. The van der Waals surface area contributed by atoms with Crippen molar-refractivity contribution in [3.63, 3.8) is 0 Å². The van der Waals surface area contributed by atoms with Gasteiger partial charge in [0.25, 0.3) is 0 Å². The second-order valence-electron chi connectivity index (χ2n) is 6.03. The minimum absolute atomic E-state index is 0.169. The fourth-order valence-corrected chi connectivity index (χ4v) is 2.13. The van der Waals surface area contributed by atoms with Crippen LogP contribution in [0.2, 0.25) is 0 Å². The molecule has 1 aromatic carbocycles. The van der Waals surface area contributed by atoms with E-state index in [-0.39, 0.29) is 11.5 Å². The molecule has 0 fully saturated rings. The highest BCUT2D eigenvalue weighted by Gasteiger charge is 2.19. The van der Waals surface area contributed by atoms with E-state index in [9.17, 15) is 0 Å². The van der Waals surface area contributed by atoms with E-state index in [4.69, 9.17) is 14.9 Å². The summed E-state index contributed by atoms with van der Waals surface area (Å²) in [5.41, 5.74) is 0. The Morgan fingerprint density at radius 3 is 1.24 bits per heavy atom. The van der Waals surface area contributed by atoms with Crippen LogP contribution in [0.1, 0.15) is 54.4 Å². The molecule has 1 rings (SSSR count). The predicted octanol–water partition coefficient (Wildman–Crippen LogP) is 4.97. The SMILES string of the molecule is CCC(OC(CC)C(C)C)C(C)C.Oc1ccc(O)cc1. The molecule has 0 spiro atoms. The van der Waals surface area contributed by atoms with Gasteiger partial charge in [-0.15, -0.1) is 0 Å². The lowest BCUT2D eigenvalue weighted by Gasteiger charge is -2.28. The van der Waals surface area contributed by atoms with Gasteiger partial charge in [-0.25, -0.2) is 0 Å². The summed E-state index contributed by atoms with van der Waals surface area (Å²) in [6.45, 7) is 13.4. The topological polar surface area (TPSA) is 49.7 Å². The normalized spacial score (nSPS) is 13.7. The maximum Gasteiger partial charge on any atom is 0.115 e. The Kier molecular flexibility index (Phi) is 9.89. The Labute approximate surface area is 130 Å². The highest BCUT2D eigenvalue weighted by molar-refractivity contribution is 5.28. The summed E-state index contributed by atoms with van der Waals surface area (Å²) < 4.78 is 6.07. The van der Waals surface area contributed by atoms with Crippen LogP contribution in [0, 0.1) is 11.8 Å². The quantitative estimate of drug-likeness (QED) is 0.729. The number of rotatable bonds is 6. The maximum atomic E-state index is 8.65. The molecule has 0 aliphatic rings. The van der Waals surface area contributed by atoms with Crippen molar-refractivity contribution in [2.24, 2.45) is 11.8 Å². The number of phenolic OH excluding ortho intramolecular Hbond substituents is 2. The van der Waals surface area contributed by atoms with Gasteiger partial charge in [0, 0.05) is 0 Å². The van der Waals surface area contributed by atoms with Gasteiger partial charge in [0.1, 0.15) is 11.5 Å². The molecular weight excluding hydrogens is 264 g/mol. The molecule has 2 unspecified atom stereocenters. The summed E-state index contributed by atoms with van der Waals surface area (Å²) in [5.74, 6) is 1.61. The van der Waals surface area contributed by atoms with E-state index < -0.39 is 0 Å². The molecule has 0 aromatic heterocycles. The van der Waals surface area contributed by atoms with E-state index in [1.165, 1.54) is 24.3 Å². The number of aromatic hydroxyl groups is 2. The second-order valence-corrected chi connectivity index (χ2v) is 6.03. The van der Waals surface area contributed by atoms with E-state index in [0.717, 1.165) is 12.8 Å². The maximum absolute atomic E-state index is 8.65. The monoisotopic (exact) mass is 296 g/mol. The summed E-state index contributed by atoms with van der Waals surface area (Å²) in [7, 11) is 0. The molecule has 0 bridgehead atoms. The molecule has 3 nitrogen and oxygen atoms in total. The van der Waals surface area contributed by atoms with Crippen LogP contribution < -0.4 is 0 Å². The molecule has 3 heteroatoms. The van der Waals surface area contributed by atoms with E-state index in [2.05, 4.69) is 41.5 Å². The number of ether oxygens (including phenoxy) is 1. The molecule has 2 N–H and O–H groups in total. The minimum atomic E-state index is 0.169. The molecular formula is C18H32O3. The average Bonchev–Trinajstić information content (AvgIpc) is 2.43. The number of hydrogen-bond donors (Lipinski definition) is 2. The zero-order chi connectivity index (χ0) is 16.4. The molecule has 21 heavy (non-hydrogen) atoms. The molecule has 0 radical (unpaired) electrons. The molecule has 0 saturated heterocycles. The van der Waals surface area contributed by atoms with Crippen LogP contribution in [0.5, 0.6) is 11.5 Å². The molecule has 122 valence electrons. The van der Waals surface area contributed by atoms with Crippen LogP contribution in [0.25, 0.3) is 0 Å². The molecule has 0 aliphatic carbocycles. The van der Waals surface area contributed by atoms with Gasteiger partial charge in [-0.1, -0.05) is 41.5 Å². The van der Waals surface area contributed by atoms with Gasteiger partial charge in [0.15, 0.2) is 0 Å². The molecule has 0 heterocycles. The van der Waals surface area contributed by atoms with Crippen molar-refractivity contribution >= 4 is 0 Å². The zero-order valence-corrected chi connectivity index (χ0v) is 14.3.